The number of halogens is 1. The summed E-state index contributed by atoms with van der Waals surface area (Å²) in [4.78, 5) is 31.4. The summed E-state index contributed by atoms with van der Waals surface area (Å²) in [6.45, 7) is 2.74. The molecule has 6 nitrogen and oxygen atoms in total. The first-order valence-electron chi connectivity index (χ1n) is 11.8. The Kier molecular flexibility index (Phi) is 6.65. The third kappa shape index (κ3) is 4.42. The summed E-state index contributed by atoms with van der Waals surface area (Å²) in [7, 11) is 0. The van der Waals surface area contributed by atoms with Gasteiger partial charge in [-0.2, -0.15) is 0 Å². The number of hydrogen-bond donors (Lipinski definition) is 2. The number of rotatable bonds is 7. The molecule has 0 radical (unpaired) electrons. The monoisotopic (exact) mass is 544 g/mol. The summed E-state index contributed by atoms with van der Waals surface area (Å²) < 4.78 is 6.31. The molecule has 1 aromatic heterocycles. The number of amides is 1. The Morgan fingerprint density at radius 1 is 1.06 bits per heavy atom. The third-order valence-corrected chi connectivity index (χ3v) is 6.93. The van der Waals surface area contributed by atoms with Gasteiger partial charge >= 0.3 is 0 Å². The molecule has 0 aliphatic carbocycles. The van der Waals surface area contributed by atoms with Crippen molar-refractivity contribution in [1.82, 2.24) is 9.88 Å². The minimum Gasteiger partial charge on any atom is -0.507 e. The van der Waals surface area contributed by atoms with Gasteiger partial charge in [-0.05, 0) is 66.9 Å². The van der Waals surface area contributed by atoms with Gasteiger partial charge in [0.1, 0.15) is 11.5 Å². The highest BCUT2D eigenvalue weighted by molar-refractivity contribution is 9.10. The lowest BCUT2D eigenvalue weighted by molar-refractivity contribution is -0.139. The summed E-state index contributed by atoms with van der Waals surface area (Å²) in [5.74, 6) is -0.842. The number of Topliss-reactive ketones (excluding diaryl/α,β-unsaturated/α-hetero) is 1. The number of ether oxygens (including phenoxy) is 1. The van der Waals surface area contributed by atoms with Crippen molar-refractivity contribution in [1.29, 1.82) is 0 Å². The van der Waals surface area contributed by atoms with Gasteiger partial charge < -0.3 is 19.7 Å². The number of nitrogens with zero attached hydrogens (tertiary/aromatic N) is 1. The number of hydrogen-bond acceptors (Lipinski definition) is 4. The Morgan fingerprint density at radius 2 is 1.83 bits per heavy atom. The Balaban J connectivity index is 1.54. The van der Waals surface area contributed by atoms with E-state index in [0.717, 1.165) is 26.5 Å². The molecule has 1 amide bonds. The molecule has 7 heteroatoms. The fourth-order valence-corrected chi connectivity index (χ4v) is 5.16. The highest BCUT2D eigenvalue weighted by atomic mass is 79.9. The van der Waals surface area contributed by atoms with Gasteiger partial charge in [0.2, 0.25) is 0 Å². The van der Waals surface area contributed by atoms with Gasteiger partial charge in [-0.15, -0.1) is 0 Å². The van der Waals surface area contributed by atoms with Gasteiger partial charge in [0, 0.05) is 33.7 Å². The van der Waals surface area contributed by atoms with Gasteiger partial charge in [-0.25, -0.2) is 0 Å². The molecule has 1 aliphatic heterocycles. The summed E-state index contributed by atoms with van der Waals surface area (Å²) >= 11 is 3.50. The quantitative estimate of drug-likeness (QED) is 0.170. The van der Waals surface area contributed by atoms with Crippen molar-refractivity contribution in [3.63, 3.8) is 0 Å². The van der Waals surface area contributed by atoms with Crippen LogP contribution >= 0.6 is 15.9 Å². The summed E-state index contributed by atoms with van der Waals surface area (Å²) in [5, 5.41) is 12.3. The Labute approximate surface area is 217 Å². The van der Waals surface area contributed by atoms with Gasteiger partial charge in [-0.3, -0.25) is 9.59 Å². The first-order valence-corrected chi connectivity index (χ1v) is 12.6. The van der Waals surface area contributed by atoms with Gasteiger partial charge in [0.05, 0.1) is 18.2 Å². The average molecular weight is 545 g/mol. The van der Waals surface area contributed by atoms with E-state index in [0.29, 0.717) is 30.9 Å². The molecule has 1 saturated heterocycles. The van der Waals surface area contributed by atoms with Crippen LogP contribution in [0.4, 0.5) is 0 Å². The molecular weight excluding hydrogens is 520 g/mol. The second-order valence-electron chi connectivity index (χ2n) is 8.61. The van der Waals surface area contributed by atoms with E-state index in [2.05, 4.69) is 20.9 Å². The lowest BCUT2D eigenvalue weighted by Gasteiger charge is -2.25. The number of nitrogens with one attached hydrogen (secondary N) is 1. The van der Waals surface area contributed by atoms with E-state index < -0.39 is 17.7 Å². The maximum atomic E-state index is 13.3. The van der Waals surface area contributed by atoms with E-state index in [1.807, 2.05) is 61.7 Å². The zero-order valence-electron chi connectivity index (χ0n) is 19.7. The van der Waals surface area contributed by atoms with Crippen molar-refractivity contribution in [2.24, 2.45) is 0 Å². The van der Waals surface area contributed by atoms with Gasteiger partial charge in [0.15, 0.2) is 0 Å². The number of benzene rings is 3. The van der Waals surface area contributed by atoms with Crippen molar-refractivity contribution >= 4 is 44.3 Å². The summed E-state index contributed by atoms with van der Waals surface area (Å²) in [6.07, 6.45) is 2.50. The highest BCUT2D eigenvalue weighted by Gasteiger charge is 2.45. The van der Waals surface area contributed by atoms with Crippen LogP contribution in [0.3, 0.4) is 0 Å². The smallest absolute Gasteiger partial charge is 0.295 e. The number of aromatic amines is 1. The van der Waals surface area contributed by atoms with Crippen LogP contribution in [0.5, 0.6) is 5.75 Å². The minimum atomic E-state index is -0.709. The number of H-pyrrole nitrogens is 1. The van der Waals surface area contributed by atoms with E-state index in [-0.39, 0.29) is 11.3 Å². The number of fused-ring (bicyclic) bond motifs is 1. The Hall–Kier alpha value is -3.84. The fraction of sp³-hybridized carbons (Fsp3) is 0.172. The van der Waals surface area contributed by atoms with Crippen molar-refractivity contribution in [3.8, 4) is 5.75 Å². The minimum absolute atomic E-state index is 0.0844. The maximum Gasteiger partial charge on any atom is 0.295 e. The largest absolute Gasteiger partial charge is 0.507 e. The molecule has 2 heterocycles. The van der Waals surface area contributed by atoms with Crippen LogP contribution in [-0.4, -0.2) is 39.8 Å². The number of aliphatic hydroxyl groups is 1. The third-order valence-electron chi connectivity index (χ3n) is 6.44. The first kappa shape index (κ1) is 23.9. The molecule has 0 bridgehead atoms. The summed E-state index contributed by atoms with van der Waals surface area (Å²) in [5.41, 5.74) is 3.37. The highest BCUT2D eigenvalue weighted by Crippen LogP contribution is 2.40. The first-order chi connectivity index (χ1) is 17.5. The van der Waals surface area contributed by atoms with Crippen LogP contribution in [0, 0.1) is 0 Å². The second-order valence-corrected chi connectivity index (χ2v) is 9.53. The Bertz CT molecular complexity index is 1470. The topological polar surface area (TPSA) is 82.6 Å². The molecule has 1 aliphatic rings. The van der Waals surface area contributed by atoms with Crippen LogP contribution in [0.15, 0.2) is 89.0 Å². The number of carbonyl (C=O) groups is 2. The zero-order valence-corrected chi connectivity index (χ0v) is 21.3. The van der Waals surface area contributed by atoms with E-state index in [1.54, 1.807) is 29.2 Å². The van der Waals surface area contributed by atoms with Crippen molar-refractivity contribution in [2.75, 3.05) is 13.2 Å². The van der Waals surface area contributed by atoms with Crippen LogP contribution in [-0.2, 0) is 16.0 Å². The number of aliphatic hydroxyl groups excluding tert-OH is 1. The van der Waals surface area contributed by atoms with E-state index in [4.69, 9.17) is 4.74 Å². The zero-order chi connectivity index (χ0) is 25.2. The molecule has 3 aromatic carbocycles. The maximum absolute atomic E-state index is 13.3. The summed E-state index contributed by atoms with van der Waals surface area (Å²) in [6, 6.07) is 21.6. The molecule has 36 heavy (non-hydrogen) atoms. The molecule has 0 saturated carbocycles. The SMILES string of the molecule is CCOc1ccc(/C(O)=C2\C(=O)C(=O)N(CCc3c[nH]c4ccccc34)C2c2cccc(Br)c2)cc1. The molecule has 5 rings (SSSR count). The Morgan fingerprint density at radius 3 is 2.58 bits per heavy atom. The second kappa shape index (κ2) is 10.0. The van der Waals surface area contributed by atoms with Gasteiger partial charge in [-0.1, -0.05) is 46.3 Å². The molecule has 1 fully saturated rings. The van der Waals surface area contributed by atoms with Crippen LogP contribution in [0.1, 0.15) is 29.7 Å². The molecule has 4 aromatic rings. The van der Waals surface area contributed by atoms with Crippen molar-refractivity contribution in [3.05, 3.63) is 106 Å². The molecule has 2 N–H and O–H groups in total. The molecule has 182 valence electrons. The van der Waals surface area contributed by atoms with E-state index >= 15 is 0 Å². The molecule has 1 atom stereocenters. The molecular formula is C29H25BrN2O4. The van der Waals surface area contributed by atoms with Crippen LogP contribution < -0.4 is 4.74 Å². The number of likely N-dealkylation sites (tertiary alicyclic amines) is 1. The lowest BCUT2D eigenvalue weighted by atomic mass is 9.95. The van der Waals surface area contributed by atoms with E-state index in [9.17, 15) is 14.7 Å². The number of ketones is 1. The molecule has 0 spiro atoms. The predicted molar refractivity (Wildman–Crippen MR) is 143 cm³/mol. The van der Waals surface area contributed by atoms with Crippen LogP contribution in [0.2, 0.25) is 0 Å². The lowest BCUT2D eigenvalue weighted by Crippen LogP contribution is -2.31. The number of carbonyl (C=O) groups excluding carboxylic acids is 2. The van der Waals surface area contributed by atoms with E-state index in [1.165, 1.54) is 0 Å². The van der Waals surface area contributed by atoms with Gasteiger partial charge in [0.25, 0.3) is 11.7 Å². The number of para-hydroxylation sites is 1. The van der Waals surface area contributed by atoms with Crippen molar-refractivity contribution in [2.45, 2.75) is 19.4 Å². The van der Waals surface area contributed by atoms with Crippen molar-refractivity contribution < 1.29 is 19.4 Å². The number of aromatic nitrogens is 1. The predicted octanol–water partition coefficient (Wildman–Crippen LogP) is 5.99. The van der Waals surface area contributed by atoms with Crippen LogP contribution in [0.25, 0.3) is 16.7 Å². The average Bonchev–Trinajstić information content (AvgIpc) is 3.41. The standard InChI is InChI=1S/C29H25BrN2O4/c1-2-36-22-12-10-18(11-13-22)27(33)25-26(19-6-5-7-21(30)16-19)32(29(35)28(25)34)15-14-20-17-31-24-9-4-3-8-23(20)24/h3-13,16-17,26,31,33H,2,14-15H2,1H3/b27-25+. The molecule has 1 unspecified atom stereocenters. The normalized spacial score (nSPS) is 17.2. The fourth-order valence-electron chi connectivity index (χ4n) is 4.74.